The molecule has 0 saturated carbocycles. The lowest BCUT2D eigenvalue weighted by Crippen LogP contribution is -2.26. The number of rotatable bonds is 4. The highest BCUT2D eigenvalue weighted by Gasteiger charge is 2.14. The molecule has 0 fully saturated rings. The van der Waals surface area contributed by atoms with Crippen molar-refractivity contribution in [3.8, 4) is 0 Å². The van der Waals surface area contributed by atoms with Crippen molar-refractivity contribution in [2.45, 2.75) is 18.8 Å². The molecule has 1 unspecified atom stereocenters. The number of halogens is 1. The maximum Gasteiger partial charge on any atom is 0.287 e. The molecule has 1 atom stereocenters. The fourth-order valence-corrected chi connectivity index (χ4v) is 1.72. The standard InChI is InChI=1S/C13H13ClN2O2/c1-9(10-4-6-15-7-5-10)16-13(17)12-3-2-11(8-14)18-12/h2-7,9H,8H2,1H3,(H,16,17). The minimum Gasteiger partial charge on any atom is -0.455 e. The molecule has 2 heterocycles. The van der Waals surface area contributed by atoms with Gasteiger partial charge in [-0.2, -0.15) is 0 Å². The highest BCUT2D eigenvalue weighted by atomic mass is 35.5. The summed E-state index contributed by atoms with van der Waals surface area (Å²) in [6.45, 7) is 1.90. The van der Waals surface area contributed by atoms with Gasteiger partial charge in [-0.1, -0.05) is 0 Å². The molecule has 18 heavy (non-hydrogen) atoms. The minimum atomic E-state index is -0.254. The molecule has 0 aromatic carbocycles. The van der Waals surface area contributed by atoms with Gasteiger partial charge in [-0.15, -0.1) is 11.6 Å². The van der Waals surface area contributed by atoms with Crippen molar-refractivity contribution in [1.29, 1.82) is 0 Å². The zero-order valence-electron chi connectivity index (χ0n) is 9.89. The van der Waals surface area contributed by atoms with Gasteiger partial charge in [-0.05, 0) is 36.8 Å². The summed E-state index contributed by atoms with van der Waals surface area (Å²) in [5.41, 5.74) is 0.988. The van der Waals surface area contributed by atoms with Crippen LogP contribution in [0.3, 0.4) is 0 Å². The van der Waals surface area contributed by atoms with Gasteiger partial charge in [0.15, 0.2) is 5.76 Å². The van der Waals surface area contributed by atoms with Gasteiger partial charge >= 0.3 is 0 Å². The predicted octanol–water partition coefficient (Wildman–Crippen LogP) is 2.90. The maximum absolute atomic E-state index is 11.9. The molecule has 0 aliphatic heterocycles. The first-order valence-corrected chi connectivity index (χ1v) is 6.09. The van der Waals surface area contributed by atoms with Crippen LogP contribution in [0.25, 0.3) is 0 Å². The highest BCUT2D eigenvalue weighted by molar-refractivity contribution is 6.16. The second-order valence-electron chi connectivity index (χ2n) is 3.88. The lowest BCUT2D eigenvalue weighted by molar-refractivity contribution is 0.0910. The Morgan fingerprint density at radius 1 is 1.39 bits per heavy atom. The Hall–Kier alpha value is -1.81. The number of nitrogens with zero attached hydrogens (tertiary/aromatic N) is 1. The van der Waals surface area contributed by atoms with Gasteiger partial charge in [0, 0.05) is 12.4 Å². The summed E-state index contributed by atoms with van der Waals surface area (Å²) in [5, 5.41) is 2.85. The number of carbonyl (C=O) groups excluding carboxylic acids is 1. The third-order valence-corrected chi connectivity index (χ3v) is 2.83. The number of hydrogen-bond donors (Lipinski definition) is 1. The smallest absolute Gasteiger partial charge is 0.287 e. The molecule has 94 valence electrons. The zero-order valence-corrected chi connectivity index (χ0v) is 10.6. The van der Waals surface area contributed by atoms with Gasteiger partial charge in [0.2, 0.25) is 0 Å². The number of nitrogens with one attached hydrogen (secondary N) is 1. The van der Waals surface area contributed by atoms with Gasteiger partial charge in [-0.3, -0.25) is 9.78 Å². The second kappa shape index (κ2) is 5.69. The number of alkyl halides is 1. The number of pyridine rings is 1. The average molecular weight is 265 g/mol. The summed E-state index contributed by atoms with van der Waals surface area (Å²) in [6.07, 6.45) is 3.38. The third kappa shape index (κ3) is 2.90. The van der Waals surface area contributed by atoms with Crippen LogP contribution in [0.15, 0.2) is 41.1 Å². The summed E-state index contributed by atoms with van der Waals surface area (Å²) in [7, 11) is 0. The lowest BCUT2D eigenvalue weighted by Gasteiger charge is -2.12. The minimum absolute atomic E-state index is 0.106. The fourth-order valence-electron chi connectivity index (χ4n) is 1.57. The summed E-state index contributed by atoms with van der Waals surface area (Å²) < 4.78 is 5.28. The van der Waals surface area contributed by atoms with Crippen molar-refractivity contribution in [3.05, 3.63) is 53.7 Å². The Morgan fingerprint density at radius 2 is 2.11 bits per heavy atom. The van der Waals surface area contributed by atoms with E-state index in [2.05, 4.69) is 10.3 Å². The summed E-state index contributed by atoms with van der Waals surface area (Å²) in [4.78, 5) is 15.8. The number of amides is 1. The highest BCUT2D eigenvalue weighted by Crippen LogP contribution is 2.14. The summed E-state index contributed by atoms with van der Waals surface area (Å²) in [6, 6.07) is 6.92. The van der Waals surface area contributed by atoms with Crippen molar-refractivity contribution in [2.75, 3.05) is 0 Å². The van der Waals surface area contributed by atoms with Crippen molar-refractivity contribution in [1.82, 2.24) is 10.3 Å². The summed E-state index contributed by atoms with van der Waals surface area (Å²) in [5.74, 6) is 0.855. The molecule has 1 amide bonds. The molecule has 0 aliphatic carbocycles. The van der Waals surface area contributed by atoms with Gasteiger partial charge in [0.05, 0.1) is 11.9 Å². The van der Waals surface area contributed by atoms with Crippen molar-refractivity contribution in [2.24, 2.45) is 0 Å². The van der Waals surface area contributed by atoms with Crippen LogP contribution in [-0.2, 0) is 5.88 Å². The van der Waals surface area contributed by atoms with Gasteiger partial charge in [-0.25, -0.2) is 0 Å². The van der Waals surface area contributed by atoms with Crippen LogP contribution in [0.4, 0.5) is 0 Å². The predicted molar refractivity (Wildman–Crippen MR) is 68.4 cm³/mol. The van der Waals surface area contributed by atoms with E-state index in [1.807, 2.05) is 19.1 Å². The van der Waals surface area contributed by atoms with E-state index in [1.165, 1.54) is 0 Å². The molecule has 2 aromatic rings. The van der Waals surface area contributed by atoms with Gasteiger partial charge in [0.1, 0.15) is 5.76 Å². The molecule has 2 aromatic heterocycles. The normalized spacial score (nSPS) is 12.1. The molecule has 1 N–H and O–H groups in total. The number of hydrogen-bond acceptors (Lipinski definition) is 3. The van der Waals surface area contributed by atoms with Crippen LogP contribution in [0.2, 0.25) is 0 Å². The van der Waals surface area contributed by atoms with Gasteiger partial charge < -0.3 is 9.73 Å². The first-order chi connectivity index (χ1) is 8.70. The Kier molecular flexibility index (Phi) is 3.99. The van der Waals surface area contributed by atoms with E-state index >= 15 is 0 Å². The van der Waals surface area contributed by atoms with E-state index in [0.717, 1.165) is 5.56 Å². The monoisotopic (exact) mass is 264 g/mol. The van der Waals surface area contributed by atoms with Crippen LogP contribution in [0, 0.1) is 0 Å². The van der Waals surface area contributed by atoms with Crippen molar-refractivity contribution < 1.29 is 9.21 Å². The first-order valence-electron chi connectivity index (χ1n) is 5.56. The SMILES string of the molecule is CC(NC(=O)c1ccc(CCl)o1)c1ccncc1. The maximum atomic E-state index is 11.9. The summed E-state index contributed by atoms with van der Waals surface area (Å²) >= 11 is 5.61. The quantitative estimate of drug-likeness (QED) is 0.864. The molecule has 0 saturated heterocycles. The van der Waals surface area contributed by atoms with E-state index in [-0.39, 0.29) is 23.6 Å². The Balaban J connectivity index is 2.03. The molecule has 0 spiro atoms. The molecule has 2 rings (SSSR count). The molecular weight excluding hydrogens is 252 g/mol. The largest absolute Gasteiger partial charge is 0.455 e. The van der Waals surface area contributed by atoms with Crippen LogP contribution >= 0.6 is 11.6 Å². The Morgan fingerprint density at radius 3 is 2.72 bits per heavy atom. The number of carbonyl (C=O) groups is 1. The lowest BCUT2D eigenvalue weighted by atomic mass is 10.1. The van der Waals surface area contributed by atoms with Gasteiger partial charge in [0.25, 0.3) is 5.91 Å². The van der Waals surface area contributed by atoms with E-state index in [0.29, 0.717) is 5.76 Å². The molecular formula is C13H13ClN2O2. The molecule has 5 heteroatoms. The Labute approximate surface area is 110 Å². The zero-order chi connectivity index (χ0) is 13.0. The molecule has 4 nitrogen and oxygen atoms in total. The third-order valence-electron chi connectivity index (χ3n) is 2.57. The topological polar surface area (TPSA) is 55.1 Å². The van der Waals surface area contributed by atoms with Crippen molar-refractivity contribution >= 4 is 17.5 Å². The van der Waals surface area contributed by atoms with Crippen LogP contribution < -0.4 is 5.32 Å². The number of furan rings is 1. The molecule has 0 bridgehead atoms. The van der Waals surface area contributed by atoms with Crippen LogP contribution in [-0.4, -0.2) is 10.9 Å². The van der Waals surface area contributed by atoms with E-state index in [9.17, 15) is 4.79 Å². The van der Waals surface area contributed by atoms with Crippen molar-refractivity contribution in [3.63, 3.8) is 0 Å². The first kappa shape index (κ1) is 12.6. The average Bonchev–Trinajstić information content (AvgIpc) is 2.88. The molecule has 0 aliphatic rings. The van der Waals surface area contributed by atoms with Crippen LogP contribution in [0.1, 0.15) is 34.8 Å². The van der Waals surface area contributed by atoms with E-state index in [4.69, 9.17) is 16.0 Å². The second-order valence-corrected chi connectivity index (χ2v) is 4.14. The fraction of sp³-hybridized carbons (Fsp3) is 0.231. The van der Waals surface area contributed by atoms with Crippen LogP contribution in [0.5, 0.6) is 0 Å². The van der Waals surface area contributed by atoms with E-state index < -0.39 is 0 Å². The van der Waals surface area contributed by atoms with E-state index in [1.54, 1.807) is 24.5 Å². The molecule has 0 radical (unpaired) electrons. The number of aromatic nitrogens is 1. The Bertz CT molecular complexity index is 525.